The van der Waals surface area contributed by atoms with E-state index in [1.54, 1.807) is 0 Å². The maximum absolute atomic E-state index is 4.45. The van der Waals surface area contributed by atoms with Gasteiger partial charge in [-0.1, -0.05) is 40.0 Å². The van der Waals surface area contributed by atoms with Gasteiger partial charge in [-0.3, -0.25) is 0 Å². The van der Waals surface area contributed by atoms with Crippen molar-refractivity contribution in [2.45, 2.75) is 70.8 Å². The summed E-state index contributed by atoms with van der Waals surface area (Å²) >= 11 is 1.83. The topological polar surface area (TPSA) is 37.8 Å². The van der Waals surface area contributed by atoms with Crippen molar-refractivity contribution >= 4 is 11.3 Å². The van der Waals surface area contributed by atoms with Crippen molar-refractivity contribution in [2.24, 2.45) is 0 Å². The highest BCUT2D eigenvalue weighted by Gasteiger charge is 2.32. The van der Waals surface area contributed by atoms with Gasteiger partial charge in [-0.05, 0) is 12.8 Å². The Balaban J connectivity index is 1.92. The smallest absolute Gasteiger partial charge is 0.123 e. The quantitative estimate of drug-likeness (QED) is 0.889. The number of hydrogen-bond acceptors (Lipinski definition) is 4. The van der Waals surface area contributed by atoms with E-state index in [9.17, 15) is 0 Å². The van der Waals surface area contributed by atoms with Gasteiger partial charge in [0.15, 0.2) is 0 Å². The van der Waals surface area contributed by atoms with Crippen LogP contribution in [0.25, 0.3) is 0 Å². The Morgan fingerprint density at radius 2 is 1.94 bits per heavy atom. The fourth-order valence-electron chi connectivity index (χ4n) is 2.61. The van der Waals surface area contributed by atoms with Gasteiger partial charge >= 0.3 is 0 Å². The van der Waals surface area contributed by atoms with E-state index in [1.165, 1.54) is 42.1 Å². The van der Waals surface area contributed by atoms with Gasteiger partial charge in [0.2, 0.25) is 0 Å². The number of hydrogen-bond donors (Lipinski definition) is 1. The van der Waals surface area contributed by atoms with E-state index in [0.717, 1.165) is 13.0 Å². The molecule has 0 amide bonds. The lowest BCUT2D eigenvalue weighted by atomic mass is 9.76. The second kappa shape index (κ2) is 6.11. The second-order valence-electron chi connectivity index (χ2n) is 5.98. The molecule has 2 rings (SSSR count). The highest BCUT2D eigenvalue weighted by molar-refractivity contribution is 7.11. The minimum Gasteiger partial charge on any atom is -0.314 e. The van der Waals surface area contributed by atoms with Crippen LogP contribution in [-0.2, 0) is 11.8 Å². The van der Waals surface area contributed by atoms with E-state index in [1.807, 2.05) is 11.3 Å². The predicted molar refractivity (Wildman–Crippen MR) is 77.2 cm³/mol. The Kier molecular flexibility index (Phi) is 4.73. The molecular weight excluding hydrogens is 242 g/mol. The first kappa shape index (κ1) is 13.9. The van der Waals surface area contributed by atoms with E-state index in [2.05, 4.69) is 36.3 Å². The summed E-state index contributed by atoms with van der Waals surface area (Å²) in [6.45, 7) is 7.72. The zero-order valence-corrected chi connectivity index (χ0v) is 12.6. The number of rotatable bonds is 5. The molecule has 1 aromatic rings. The average Bonchev–Trinajstić information content (AvgIpc) is 2.79. The van der Waals surface area contributed by atoms with Crippen molar-refractivity contribution in [1.82, 2.24) is 15.5 Å². The van der Waals surface area contributed by atoms with Crippen molar-refractivity contribution in [3.05, 3.63) is 10.0 Å². The number of nitrogens with zero attached hydrogens (tertiary/aromatic N) is 2. The first-order valence-corrected chi connectivity index (χ1v) is 7.98. The summed E-state index contributed by atoms with van der Waals surface area (Å²) < 4.78 is 0. The fourth-order valence-corrected chi connectivity index (χ4v) is 3.65. The van der Waals surface area contributed by atoms with Gasteiger partial charge in [-0.2, -0.15) is 0 Å². The van der Waals surface area contributed by atoms with Crippen molar-refractivity contribution < 1.29 is 0 Å². The molecule has 0 spiro atoms. The minimum absolute atomic E-state index is 0.305. The van der Waals surface area contributed by atoms with Gasteiger partial charge in [-0.25, -0.2) is 0 Å². The van der Waals surface area contributed by atoms with Crippen LogP contribution in [0.3, 0.4) is 0 Å². The van der Waals surface area contributed by atoms with Gasteiger partial charge in [0.1, 0.15) is 10.0 Å². The van der Waals surface area contributed by atoms with Crippen molar-refractivity contribution in [3.63, 3.8) is 0 Å². The van der Waals surface area contributed by atoms with Gasteiger partial charge < -0.3 is 5.32 Å². The van der Waals surface area contributed by atoms with Crippen LogP contribution in [0.15, 0.2) is 0 Å². The van der Waals surface area contributed by atoms with Crippen LogP contribution in [0.1, 0.15) is 62.9 Å². The zero-order chi connectivity index (χ0) is 13.0. The SMILES string of the molecule is CC(C)NCCc1nnc(C2(C)CCCCC2)s1. The van der Waals surface area contributed by atoms with E-state index in [4.69, 9.17) is 0 Å². The first-order chi connectivity index (χ1) is 8.60. The van der Waals surface area contributed by atoms with Gasteiger partial charge in [-0.15, -0.1) is 21.5 Å². The molecule has 18 heavy (non-hydrogen) atoms. The highest BCUT2D eigenvalue weighted by Crippen LogP contribution is 2.40. The van der Waals surface area contributed by atoms with Gasteiger partial charge in [0.05, 0.1) is 0 Å². The summed E-state index contributed by atoms with van der Waals surface area (Å²) in [5.74, 6) is 0. The molecule has 3 nitrogen and oxygen atoms in total. The van der Waals surface area contributed by atoms with Gasteiger partial charge in [0, 0.05) is 24.4 Å². The normalized spacial score (nSPS) is 19.3. The molecular formula is C14H25N3S. The Labute approximate surface area is 114 Å². The largest absolute Gasteiger partial charge is 0.314 e. The molecule has 1 N–H and O–H groups in total. The summed E-state index contributed by atoms with van der Waals surface area (Å²) in [6, 6.07) is 0.549. The summed E-state index contributed by atoms with van der Waals surface area (Å²) in [5.41, 5.74) is 0.305. The number of nitrogens with one attached hydrogen (secondary N) is 1. The third-order valence-corrected chi connectivity index (χ3v) is 5.12. The molecule has 1 aromatic heterocycles. The lowest BCUT2D eigenvalue weighted by molar-refractivity contribution is 0.317. The molecule has 1 saturated carbocycles. The molecule has 1 aliphatic carbocycles. The molecule has 0 aromatic carbocycles. The minimum atomic E-state index is 0.305. The Morgan fingerprint density at radius 1 is 1.22 bits per heavy atom. The van der Waals surface area contributed by atoms with Gasteiger partial charge in [0.25, 0.3) is 0 Å². The number of aromatic nitrogens is 2. The molecule has 0 saturated heterocycles. The predicted octanol–water partition coefficient (Wildman–Crippen LogP) is 3.30. The Bertz CT molecular complexity index is 367. The third-order valence-electron chi connectivity index (χ3n) is 3.83. The summed E-state index contributed by atoms with van der Waals surface area (Å²) in [7, 11) is 0. The van der Waals surface area contributed by atoms with E-state index < -0.39 is 0 Å². The molecule has 0 radical (unpaired) electrons. The molecule has 0 unspecified atom stereocenters. The average molecular weight is 267 g/mol. The van der Waals surface area contributed by atoms with Crippen molar-refractivity contribution in [1.29, 1.82) is 0 Å². The second-order valence-corrected chi connectivity index (χ2v) is 7.04. The maximum Gasteiger partial charge on any atom is 0.123 e. The van der Waals surface area contributed by atoms with Crippen molar-refractivity contribution in [2.75, 3.05) is 6.54 Å². The molecule has 0 bridgehead atoms. The fraction of sp³-hybridized carbons (Fsp3) is 0.857. The molecule has 1 heterocycles. The molecule has 4 heteroatoms. The van der Waals surface area contributed by atoms with Crippen LogP contribution < -0.4 is 5.32 Å². The Hall–Kier alpha value is -0.480. The van der Waals surface area contributed by atoms with Crippen LogP contribution >= 0.6 is 11.3 Å². The lowest BCUT2D eigenvalue weighted by Crippen LogP contribution is -2.25. The van der Waals surface area contributed by atoms with E-state index in [-0.39, 0.29) is 0 Å². The monoisotopic (exact) mass is 267 g/mol. The van der Waals surface area contributed by atoms with E-state index >= 15 is 0 Å². The lowest BCUT2D eigenvalue weighted by Gasteiger charge is -2.30. The third kappa shape index (κ3) is 3.51. The van der Waals surface area contributed by atoms with Crippen LogP contribution in [0.4, 0.5) is 0 Å². The van der Waals surface area contributed by atoms with Crippen LogP contribution in [0, 0.1) is 0 Å². The molecule has 102 valence electrons. The zero-order valence-electron chi connectivity index (χ0n) is 11.8. The van der Waals surface area contributed by atoms with E-state index in [0.29, 0.717) is 11.5 Å². The van der Waals surface area contributed by atoms with Crippen LogP contribution in [-0.4, -0.2) is 22.8 Å². The first-order valence-electron chi connectivity index (χ1n) is 7.16. The molecule has 0 aliphatic heterocycles. The standard InChI is InChI=1S/C14H25N3S/c1-11(2)15-10-7-12-16-17-13(18-12)14(3)8-5-4-6-9-14/h11,15H,4-10H2,1-3H3. The Morgan fingerprint density at radius 3 is 2.61 bits per heavy atom. The van der Waals surface area contributed by atoms with Crippen LogP contribution in [0.5, 0.6) is 0 Å². The maximum atomic E-state index is 4.45. The highest BCUT2D eigenvalue weighted by atomic mass is 32.1. The summed E-state index contributed by atoms with van der Waals surface area (Å²) in [4.78, 5) is 0. The summed E-state index contributed by atoms with van der Waals surface area (Å²) in [6.07, 6.45) is 7.66. The molecule has 1 aliphatic rings. The molecule has 1 fully saturated rings. The van der Waals surface area contributed by atoms with Crippen LogP contribution in [0.2, 0.25) is 0 Å². The molecule has 0 atom stereocenters. The summed E-state index contributed by atoms with van der Waals surface area (Å²) in [5, 5.41) is 14.7. The van der Waals surface area contributed by atoms with Crippen molar-refractivity contribution in [3.8, 4) is 0 Å².